The van der Waals surface area contributed by atoms with Crippen molar-refractivity contribution in [3.63, 3.8) is 0 Å². The summed E-state index contributed by atoms with van der Waals surface area (Å²) in [5.74, 6) is -2.72. The Kier molecular flexibility index (Phi) is 10.6. The van der Waals surface area contributed by atoms with E-state index < -0.39 is 47.9 Å². The van der Waals surface area contributed by atoms with Crippen LogP contribution in [0.5, 0.6) is 0 Å². The minimum atomic E-state index is -1.09. The van der Waals surface area contributed by atoms with E-state index in [4.69, 9.17) is 11.5 Å². The fourth-order valence-electron chi connectivity index (χ4n) is 3.69. The van der Waals surface area contributed by atoms with E-state index in [1.807, 2.05) is 0 Å². The van der Waals surface area contributed by atoms with Gasteiger partial charge in [-0.1, -0.05) is 6.42 Å². The lowest BCUT2D eigenvalue weighted by molar-refractivity contribution is -0.149. The average molecular weight is 484 g/mol. The number of rotatable bonds is 13. The number of carbonyl (C=O) groups is 4. The molecule has 0 aromatic carbocycles. The quantitative estimate of drug-likeness (QED) is 0.128. The van der Waals surface area contributed by atoms with Gasteiger partial charge in [-0.25, -0.2) is 9.78 Å². The van der Waals surface area contributed by atoms with Gasteiger partial charge in [0.2, 0.25) is 17.7 Å². The van der Waals surface area contributed by atoms with E-state index in [0.29, 0.717) is 37.9 Å². The molecule has 33 heavy (non-hydrogen) atoms. The van der Waals surface area contributed by atoms with Crippen molar-refractivity contribution in [3.8, 4) is 0 Å². The van der Waals surface area contributed by atoms with Gasteiger partial charge in [0.05, 0.1) is 12.4 Å². The maximum atomic E-state index is 13.2. The summed E-state index contributed by atoms with van der Waals surface area (Å²) in [6.45, 7) is 0.789. The van der Waals surface area contributed by atoms with Crippen molar-refractivity contribution in [1.82, 2.24) is 25.5 Å². The number of carboxylic acid groups (broad SMARTS) is 1. The number of hydrogen-bond acceptors (Lipinski definition) is 8. The predicted molar refractivity (Wildman–Crippen MR) is 123 cm³/mol. The van der Waals surface area contributed by atoms with Gasteiger partial charge in [-0.3, -0.25) is 14.4 Å². The summed E-state index contributed by atoms with van der Waals surface area (Å²) in [7, 11) is 0. The number of hydrogen-bond donors (Lipinski definition) is 7. The number of aromatic nitrogens is 2. The zero-order chi connectivity index (χ0) is 24.4. The maximum absolute atomic E-state index is 13.2. The van der Waals surface area contributed by atoms with E-state index in [0.717, 1.165) is 6.42 Å². The second-order valence-electron chi connectivity index (χ2n) is 8.00. The molecule has 4 unspecified atom stereocenters. The van der Waals surface area contributed by atoms with E-state index in [9.17, 15) is 24.3 Å². The fourth-order valence-corrected chi connectivity index (χ4v) is 3.95. The van der Waals surface area contributed by atoms with Crippen LogP contribution in [0.2, 0.25) is 0 Å². The van der Waals surface area contributed by atoms with Crippen molar-refractivity contribution in [1.29, 1.82) is 0 Å². The topological polar surface area (TPSA) is 197 Å². The van der Waals surface area contributed by atoms with Crippen molar-refractivity contribution in [2.45, 2.75) is 62.7 Å². The molecule has 1 fully saturated rings. The molecule has 0 bridgehead atoms. The Labute approximate surface area is 197 Å². The molecule has 13 heteroatoms. The molecular weight excluding hydrogens is 450 g/mol. The number of carboxylic acids is 1. The molecule has 1 aliphatic rings. The molecule has 1 aliphatic heterocycles. The number of imidazole rings is 1. The Morgan fingerprint density at radius 1 is 1.24 bits per heavy atom. The van der Waals surface area contributed by atoms with Crippen molar-refractivity contribution in [2.75, 3.05) is 18.8 Å². The maximum Gasteiger partial charge on any atom is 0.326 e. The molecule has 1 aromatic rings. The molecule has 4 atom stereocenters. The molecule has 0 aliphatic carbocycles. The zero-order valence-corrected chi connectivity index (χ0v) is 19.3. The van der Waals surface area contributed by atoms with E-state index in [-0.39, 0.29) is 18.7 Å². The van der Waals surface area contributed by atoms with Crippen LogP contribution in [0.4, 0.5) is 0 Å². The van der Waals surface area contributed by atoms with Crippen LogP contribution in [0.3, 0.4) is 0 Å². The van der Waals surface area contributed by atoms with Crippen LogP contribution in [0.15, 0.2) is 12.5 Å². The van der Waals surface area contributed by atoms with Gasteiger partial charge in [0.1, 0.15) is 18.1 Å². The summed E-state index contributed by atoms with van der Waals surface area (Å²) in [6, 6.07) is -3.80. The van der Waals surface area contributed by atoms with Crippen LogP contribution in [-0.4, -0.2) is 86.7 Å². The molecule has 0 saturated carbocycles. The standard InChI is InChI=1S/C20H33N7O5S/c21-6-2-1-4-13(22)17(28)26-15(10-33)18(29)25-14(8-12-9-23-11-24-12)19(30)27-7-3-5-16(27)20(31)32/h9,11,13-16,33H,1-8,10,21-22H2,(H,23,24)(H,25,29)(H,26,28)(H,31,32). The van der Waals surface area contributed by atoms with Crippen LogP contribution >= 0.6 is 12.6 Å². The minimum absolute atomic E-state index is 0.0144. The van der Waals surface area contributed by atoms with Gasteiger partial charge < -0.3 is 37.1 Å². The monoisotopic (exact) mass is 483 g/mol. The summed E-state index contributed by atoms with van der Waals surface area (Å²) in [6.07, 6.45) is 5.80. The van der Waals surface area contributed by atoms with Gasteiger partial charge in [-0.15, -0.1) is 0 Å². The third-order valence-electron chi connectivity index (χ3n) is 5.54. The van der Waals surface area contributed by atoms with Gasteiger partial charge >= 0.3 is 5.97 Å². The summed E-state index contributed by atoms with van der Waals surface area (Å²) in [4.78, 5) is 58.1. The Hall–Kier alpha value is -2.64. The second-order valence-corrected chi connectivity index (χ2v) is 8.37. The van der Waals surface area contributed by atoms with E-state index >= 15 is 0 Å². The highest BCUT2D eigenvalue weighted by Gasteiger charge is 2.38. The molecule has 8 N–H and O–H groups in total. The van der Waals surface area contributed by atoms with Crippen LogP contribution in [-0.2, 0) is 25.6 Å². The lowest BCUT2D eigenvalue weighted by atomic mass is 10.1. The van der Waals surface area contributed by atoms with Crippen LogP contribution in [0.25, 0.3) is 0 Å². The Morgan fingerprint density at radius 3 is 2.58 bits per heavy atom. The molecule has 0 spiro atoms. The van der Waals surface area contributed by atoms with Gasteiger partial charge in [-0.05, 0) is 32.2 Å². The van der Waals surface area contributed by atoms with Crippen molar-refractivity contribution >= 4 is 36.3 Å². The minimum Gasteiger partial charge on any atom is -0.480 e. The lowest BCUT2D eigenvalue weighted by Gasteiger charge is -2.28. The van der Waals surface area contributed by atoms with Gasteiger partial charge in [0.25, 0.3) is 0 Å². The molecular formula is C20H33N7O5S. The highest BCUT2D eigenvalue weighted by atomic mass is 32.1. The molecule has 3 amide bonds. The lowest BCUT2D eigenvalue weighted by Crippen LogP contribution is -2.58. The fraction of sp³-hybridized carbons (Fsp3) is 0.650. The summed E-state index contributed by atoms with van der Waals surface area (Å²) in [5.41, 5.74) is 11.9. The number of nitrogens with one attached hydrogen (secondary N) is 3. The third-order valence-corrected chi connectivity index (χ3v) is 5.90. The first kappa shape index (κ1) is 26.6. The first-order valence-electron chi connectivity index (χ1n) is 11.0. The largest absolute Gasteiger partial charge is 0.480 e. The first-order chi connectivity index (χ1) is 15.8. The molecule has 1 saturated heterocycles. The summed E-state index contributed by atoms with van der Waals surface area (Å²) < 4.78 is 0. The number of nitrogens with two attached hydrogens (primary N) is 2. The smallest absolute Gasteiger partial charge is 0.326 e. The Bertz CT molecular complexity index is 807. The second kappa shape index (κ2) is 13.2. The number of carbonyl (C=O) groups excluding carboxylic acids is 3. The average Bonchev–Trinajstić information content (AvgIpc) is 3.48. The van der Waals surface area contributed by atoms with Crippen LogP contribution in [0, 0.1) is 0 Å². The Morgan fingerprint density at radius 2 is 1.97 bits per heavy atom. The third kappa shape index (κ3) is 7.72. The van der Waals surface area contributed by atoms with Crippen molar-refractivity contribution < 1.29 is 24.3 Å². The predicted octanol–water partition coefficient (Wildman–Crippen LogP) is -1.62. The van der Waals surface area contributed by atoms with Crippen LogP contribution < -0.4 is 22.1 Å². The van der Waals surface area contributed by atoms with Crippen LogP contribution in [0.1, 0.15) is 37.8 Å². The molecule has 184 valence electrons. The summed E-state index contributed by atoms with van der Waals surface area (Å²) >= 11 is 4.15. The number of amides is 3. The number of nitrogens with zero attached hydrogens (tertiary/aromatic N) is 2. The molecule has 2 heterocycles. The van der Waals surface area contributed by atoms with E-state index in [1.54, 1.807) is 0 Å². The van der Waals surface area contributed by atoms with Crippen molar-refractivity contribution in [2.24, 2.45) is 11.5 Å². The molecule has 0 radical (unpaired) electrons. The summed E-state index contributed by atoms with van der Waals surface area (Å²) in [5, 5.41) is 14.7. The first-order valence-corrected chi connectivity index (χ1v) is 11.6. The normalized spacial score (nSPS) is 18.4. The van der Waals surface area contributed by atoms with Gasteiger partial charge in [0, 0.05) is 30.6 Å². The number of aliphatic carboxylic acids is 1. The highest BCUT2D eigenvalue weighted by molar-refractivity contribution is 7.80. The Balaban J connectivity index is 2.08. The number of thiol groups is 1. The zero-order valence-electron chi connectivity index (χ0n) is 18.4. The van der Waals surface area contributed by atoms with Gasteiger partial charge in [0.15, 0.2) is 0 Å². The number of H-pyrrole nitrogens is 1. The molecule has 1 aromatic heterocycles. The number of aromatic amines is 1. The highest BCUT2D eigenvalue weighted by Crippen LogP contribution is 2.19. The van der Waals surface area contributed by atoms with E-state index in [1.165, 1.54) is 17.4 Å². The SMILES string of the molecule is NCCCCC(N)C(=O)NC(CS)C(=O)NC(Cc1cnc[nH]1)C(=O)N1CCCC1C(=O)O. The number of unbranched alkanes of at least 4 members (excludes halogenated alkanes) is 1. The number of likely N-dealkylation sites (tertiary alicyclic amines) is 1. The van der Waals surface area contributed by atoms with Crippen molar-refractivity contribution in [3.05, 3.63) is 18.2 Å². The van der Waals surface area contributed by atoms with E-state index in [2.05, 4.69) is 33.2 Å². The van der Waals surface area contributed by atoms with Gasteiger partial charge in [-0.2, -0.15) is 12.6 Å². The molecule has 12 nitrogen and oxygen atoms in total. The molecule has 2 rings (SSSR count).